The average Bonchev–Trinajstić information content (AvgIpc) is 3.08. The second-order valence-corrected chi connectivity index (χ2v) is 11.0. The summed E-state index contributed by atoms with van der Waals surface area (Å²) < 4.78 is 6.24. The molecule has 150 valence electrons. The smallest absolute Gasteiger partial charge is 0.0814 e. The molecule has 6 saturated carbocycles. The standard InChI is InChI=1S/C23H35NO3/c1-5-24-11-21(3)8-7-16(27-4)23-15(21)10-14(19(23)24)22-9-6-13(12(2)20(22)26)17(25)18(22)23/h13-20,25-26H,2,5-11H2,1,3-4H3/t13-,14+,15-,16?,17-,18+,19+,20+,21?,22?,23?/m0/s1. The van der Waals surface area contributed by atoms with Crippen molar-refractivity contribution in [1.29, 1.82) is 0 Å². The molecule has 2 spiro atoms. The largest absolute Gasteiger partial charge is 0.392 e. The van der Waals surface area contributed by atoms with E-state index in [0.717, 1.165) is 31.4 Å². The molecule has 0 radical (unpaired) electrons. The van der Waals surface area contributed by atoms with E-state index < -0.39 is 6.10 Å². The number of hydrogen-bond donors (Lipinski definition) is 2. The van der Waals surface area contributed by atoms with Crippen LogP contribution >= 0.6 is 0 Å². The first kappa shape index (κ1) is 17.4. The zero-order valence-electron chi connectivity index (χ0n) is 17.0. The van der Waals surface area contributed by atoms with E-state index in [4.69, 9.17) is 4.74 Å². The van der Waals surface area contributed by atoms with Gasteiger partial charge in [-0.05, 0) is 61.5 Å². The molecule has 7 rings (SSSR count). The summed E-state index contributed by atoms with van der Waals surface area (Å²) in [4.78, 5) is 2.72. The van der Waals surface area contributed by atoms with Crippen LogP contribution in [-0.4, -0.2) is 59.7 Å². The fourth-order valence-electron chi connectivity index (χ4n) is 10.3. The summed E-state index contributed by atoms with van der Waals surface area (Å²) in [5.41, 5.74) is 1.05. The van der Waals surface area contributed by atoms with E-state index in [-0.39, 0.29) is 34.9 Å². The van der Waals surface area contributed by atoms with Gasteiger partial charge < -0.3 is 14.9 Å². The summed E-state index contributed by atoms with van der Waals surface area (Å²) in [5.74, 6) is 1.32. The van der Waals surface area contributed by atoms with E-state index in [2.05, 4.69) is 25.3 Å². The second kappa shape index (κ2) is 5.00. The average molecular weight is 374 g/mol. The number of hydrogen-bond acceptors (Lipinski definition) is 4. The van der Waals surface area contributed by atoms with Gasteiger partial charge in [-0.1, -0.05) is 20.4 Å². The summed E-state index contributed by atoms with van der Waals surface area (Å²) >= 11 is 0. The molecule has 7 fully saturated rings. The van der Waals surface area contributed by atoms with Gasteiger partial charge in [0.15, 0.2) is 0 Å². The number of aliphatic hydroxyl groups is 2. The molecule has 0 aromatic carbocycles. The Kier molecular flexibility index (Phi) is 3.23. The monoisotopic (exact) mass is 373 g/mol. The number of rotatable bonds is 2. The summed E-state index contributed by atoms with van der Waals surface area (Å²) in [7, 11) is 1.88. The van der Waals surface area contributed by atoms with Gasteiger partial charge in [0.2, 0.25) is 0 Å². The zero-order chi connectivity index (χ0) is 18.9. The number of piperidine rings is 1. The van der Waals surface area contributed by atoms with Gasteiger partial charge in [0.05, 0.1) is 18.3 Å². The molecule has 7 aliphatic rings. The molecule has 4 unspecified atom stereocenters. The van der Waals surface area contributed by atoms with Gasteiger partial charge in [-0.2, -0.15) is 0 Å². The molecular weight excluding hydrogens is 338 g/mol. The number of ether oxygens (including phenoxy) is 1. The van der Waals surface area contributed by atoms with Crippen LogP contribution in [0.2, 0.25) is 0 Å². The minimum atomic E-state index is -0.444. The molecule has 0 amide bonds. The van der Waals surface area contributed by atoms with E-state index in [1.807, 2.05) is 7.11 Å². The predicted molar refractivity (Wildman–Crippen MR) is 103 cm³/mol. The lowest BCUT2D eigenvalue weighted by Crippen LogP contribution is -2.72. The maximum Gasteiger partial charge on any atom is 0.0814 e. The summed E-state index contributed by atoms with van der Waals surface area (Å²) in [5, 5.41) is 23.1. The van der Waals surface area contributed by atoms with Gasteiger partial charge in [0.1, 0.15) is 0 Å². The summed E-state index contributed by atoms with van der Waals surface area (Å²) in [6.45, 7) is 11.3. The van der Waals surface area contributed by atoms with Crippen molar-refractivity contribution in [2.24, 2.45) is 39.9 Å². The molecule has 7 bridgehead atoms. The molecular formula is C23H35NO3. The highest BCUT2D eigenvalue weighted by Crippen LogP contribution is 2.83. The normalized spacial score (nSPS) is 63.5. The third-order valence-corrected chi connectivity index (χ3v) is 10.8. The van der Waals surface area contributed by atoms with Crippen molar-refractivity contribution in [1.82, 2.24) is 4.90 Å². The molecule has 0 aromatic rings. The topological polar surface area (TPSA) is 52.9 Å². The maximum atomic E-state index is 11.6. The summed E-state index contributed by atoms with van der Waals surface area (Å²) in [6, 6.07) is 0.449. The molecule has 1 aliphatic heterocycles. The quantitative estimate of drug-likeness (QED) is 0.730. The van der Waals surface area contributed by atoms with Crippen molar-refractivity contribution in [3.63, 3.8) is 0 Å². The van der Waals surface area contributed by atoms with Gasteiger partial charge in [0.25, 0.3) is 0 Å². The lowest BCUT2D eigenvalue weighted by atomic mass is 9.38. The third-order valence-electron chi connectivity index (χ3n) is 10.8. The number of methoxy groups -OCH3 is 1. The van der Waals surface area contributed by atoms with Crippen molar-refractivity contribution in [3.8, 4) is 0 Å². The molecule has 1 heterocycles. The Balaban J connectivity index is 1.63. The molecule has 1 saturated heterocycles. The van der Waals surface area contributed by atoms with Crippen molar-refractivity contribution in [2.75, 3.05) is 20.2 Å². The van der Waals surface area contributed by atoms with Crippen molar-refractivity contribution >= 4 is 0 Å². The highest BCUT2D eigenvalue weighted by atomic mass is 16.5. The minimum Gasteiger partial charge on any atom is -0.392 e. The Morgan fingerprint density at radius 3 is 2.74 bits per heavy atom. The molecule has 27 heavy (non-hydrogen) atoms. The van der Waals surface area contributed by atoms with Gasteiger partial charge in [0, 0.05) is 42.4 Å². The van der Waals surface area contributed by atoms with Crippen molar-refractivity contribution in [2.45, 2.75) is 70.3 Å². The van der Waals surface area contributed by atoms with Crippen LogP contribution in [-0.2, 0) is 4.74 Å². The van der Waals surface area contributed by atoms with E-state index >= 15 is 0 Å². The molecule has 11 atom stereocenters. The lowest BCUT2D eigenvalue weighted by molar-refractivity contribution is -0.260. The fraction of sp³-hybridized carbons (Fsp3) is 0.913. The Morgan fingerprint density at radius 2 is 2.04 bits per heavy atom. The minimum absolute atomic E-state index is 0.000440. The highest BCUT2D eigenvalue weighted by molar-refractivity contribution is 5.39. The number of fused-ring (bicyclic) bond motifs is 2. The van der Waals surface area contributed by atoms with E-state index in [9.17, 15) is 10.2 Å². The van der Waals surface area contributed by atoms with Gasteiger partial charge >= 0.3 is 0 Å². The number of likely N-dealkylation sites (tertiary alicyclic amines) is 1. The van der Waals surface area contributed by atoms with Gasteiger partial charge in [-0.25, -0.2) is 0 Å². The van der Waals surface area contributed by atoms with Crippen LogP contribution in [0.3, 0.4) is 0 Å². The first-order valence-electron chi connectivity index (χ1n) is 11.2. The van der Waals surface area contributed by atoms with E-state index in [0.29, 0.717) is 23.3 Å². The van der Waals surface area contributed by atoms with Crippen LogP contribution in [0.15, 0.2) is 12.2 Å². The SMILES string of the molecule is C=C1[C@@H](O)C23CC[C@@H]1[C@H](O)[C@H]2C12C(OC)CCC4(C)CN(CC)[C@@H]1[C@H]3C[C@@H]42. The van der Waals surface area contributed by atoms with E-state index in [1.165, 1.54) is 19.4 Å². The van der Waals surface area contributed by atoms with Crippen molar-refractivity contribution in [3.05, 3.63) is 12.2 Å². The van der Waals surface area contributed by atoms with Crippen LogP contribution in [0.25, 0.3) is 0 Å². The number of aliphatic hydroxyl groups excluding tert-OH is 2. The first-order chi connectivity index (χ1) is 12.9. The van der Waals surface area contributed by atoms with Gasteiger partial charge in [-0.3, -0.25) is 4.90 Å². The zero-order valence-corrected chi connectivity index (χ0v) is 17.0. The molecule has 2 N–H and O–H groups in total. The van der Waals surface area contributed by atoms with Crippen LogP contribution in [0.5, 0.6) is 0 Å². The molecule has 0 aromatic heterocycles. The Labute approximate surface area is 163 Å². The third kappa shape index (κ3) is 1.52. The first-order valence-corrected chi connectivity index (χ1v) is 11.2. The molecule has 6 aliphatic carbocycles. The second-order valence-electron chi connectivity index (χ2n) is 11.0. The molecule has 4 heteroatoms. The van der Waals surface area contributed by atoms with E-state index in [1.54, 1.807) is 0 Å². The van der Waals surface area contributed by atoms with Crippen LogP contribution in [0.1, 0.15) is 46.0 Å². The molecule has 4 nitrogen and oxygen atoms in total. The Hall–Kier alpha value is -0.420. The van der Waals surface area contributed by atoms with Crippen molar-refractivity contribution < 1.29 is 14.9 Å². The van der Waals surface area contributed by atoms with Crippen LogP contribution in [0.4, 0.5) is 0 Å². The van der Waals surface area contributed by atoms with Crippen LogP contribution in [0, 0.1) is 39.9 Å². The number of nitrogens with zero attached hydrogens (tertiary/aromatic N) is 1. The van der Waals surface area contributed by atoms with Crippen LogP contribution < -0.4 is 0 Å². The highest BCUT2D eigenvalue weighted by Gasteiger charge is 2.86. The fourth-order valence-corrected chi connectivity index (χ4v) is 10.3. The summed E-state index contributed by atoms with van der Waals surface area (Å²) in [6.07, 6.45) is 4.99. The Morgan fingerprint density at radius 1 is 1.26 bits per heavy atom. The predicted octanol–water partition coefficient (Wildman–Crippen LogP) is 2.45. The van der Waals surface area contributed by atoms with Gasteiger partial charge in [-0.15, -0.1) is 0 Å². The Bertz CT molecular complexity index is 710. The lowest BCUT2D eigenvalue weighted by Gasteiger charge is -2.69. The maximum absolute atomic E-state index is 11.6.